The molecule has 7 nitrogen and oxygen atoms in total. The number of sulfonamides is 1. The third-order valence-electron chi connectivity index (χ3n) is 1.72. The van der Waals surface area contributed by atoms with Crippen molar-refractivity contribution in [2.24, 2.45) is 0 Å². The Bertz CT molecular complexity index is 428. The lowest BCUT2D eigenvalue weighted by molar-refractivity contribution is -0.160. The molecule has 0 spiro atoms. The molecule has 0 radical (unpaired) electrons. The van der Waals surface area contributed by atoms with Crippen molar-refractivity contribution in [2.75, 3.05) is 5.75 Å². The fourth-order valence-corrected chi connectivity index (χ4v) is 2.05. The largest absolute Gasteiger partial charge is 0.481 e. The summed E-state index contributed by atoms with van der Waals surface area (Å²) in [5.74, 6) is -3.15. The summed E-state index contributed by atoms with van der Waals surface area (Å²) in [5.41, 5.74) is -0.941. The maximum atomic E-state index is 13.3. The first-order valence-electron chi connectivity index (χ1n) is 5.51. The molecule has 0 rings (SSSR count). The van der Waals surface area contributed by atoms with Crippen LogP contribution in [0.5, 0.6) is 0 Å². The molecular formula is C10H18FNO6S. The normalized spacial score (nSPS) is 13.9. The van der Waals surface area contributed by atoms with E-state index in [1.54, 1.807) is 0 Å². The van der Waals surface area contributed by atoms with Gasteiger partial charge in [-0.15, -0.1) is 0 Å². The smallest absolute Gasteiger partial charge is 0.303 e. The monoisotopic (exact) mass is 299 g/mol. The lowest BCUT2D eigenvalue weighted by atomic mass is 10.2. The fraction of sp³-hybridized carbons (Fsp3) is 0.800. The van der Waals surface area contributed by atoms with Gasteiger partial charge in [0, 0.05) is 6.42 Å². The molecule has 0 saturated heterocycles. The number of amides is 1. The molecule has 0 heterocycles. The highest BCUT2D eigenvalue weighted by atomic mass is 32.2. The summed E-state index contributed by atoms with van der Waals surface area (Å²) in [5, 5.41) is 8.35. The van der Waals surface area contributed by atoms with E-state index in [1.807, 2.05) is 0 Å². The molecule has 1 atom stereocenters. The molecule has 112 valence electrons. The molecular weight excluding hydrogens is 281 g/mol. The van der Waals surface area contributed by atoms with Crippen molar-refractivity contribution in [3.63, 3.8) is 0 Å². The van der Waals surface area contributed by atoms with Crippen molar-refractivity contribution in [3.05, 3.63) is 0 Å². The van der Waals surface area contributed by atoms with Gasteiger partial charge in [-0.05, 0) is 27.2 Å². The first-order chi connectivity index (χ1) is 8.43. The van der Waals surface area contributed by atoms with E-state index in [9.17, 15) is 22.4 Å². The Balaban J connectivity index is 4.34. The molecule has 0 aliphatic rings. The Hall–Kier alpha value is -1.22. The first kappa shape index (κ1) is 17.8. The first-order valence-corrected chi connectivity index (χ1v) is 7.16. The zero-order valence-corrected chi connectivity index (χ0v) is 11.8. The fourth-order valence-electron chi connectivity index (χ4n) is 1.03. The second-order valence-corrected chi connectivity index (χ2v) is 6.67. The molecule has 0 saturated carbocycles. The topological polar surface area (TPSA) is 110 Å². The molecule has 0 fully saturated rings. The number of hydrogen-bond acceptors (Lipinski definition) is 5. The third kappa shape index (κ3) is 9.37. The second kappa shape index (κ2) is 6.80. The van der Waals surface area contributed by atoms with Crippen LogP contribution in [0.25, 0.3) is 0 Å². The molecule has 0 aromatic heterocycles. The zero-order valence-electron chi connectivity index (χ0n) is 11.0. The molecule has 0 aromatic rings. The van der Waals surface area contributed by atoms with Gasteiger partial charge >= 0.3 is 5.97 Å². The Morgan fingerprint density at radius 2 is 1.89 bits per heavy atom. The maximum absolute atomic E-state index is 13.3. The van der Waals surface area contributed by atoms with Crippen molar-refractivity contribution in [1.82, 2.24) is 4.72 Å². The van der Waals surface area contributed by atoms with Crippen molar-refractivity contribution in [1.29, 1.82) is 0 Å². The molecule has 2 N–H and O–H groups in total. The molecule has 0 bridgehead atoms. The third-order valence-corrected chi connectivity index (χ3v) is 3.06. The van der Waals surface area contributed by atoms with E-state index in [4.69, 9.17) is 5.11 Å². The number of alkyl halides is 1. The molecule has 0 aromatic carbocycles. The molecule has 1 amide bonds. The van der Waals surface area contributed by atoms with Crippen LogP contribution in [0.15, 0.2) is 0 Å². The summed E-state index contributed by atoms with van der Waals surface area (Å²) in [4.78, 5) is 21.4. The number of hydrogen-bond donors (Lipinski definition) is 2. The van der Waals surface area contributed by atoms with Gasteiger partial charge in [0.15, 0.2) is 0 Å². The van der Waals surface area contributed by atoms with E-state index in [2.05, 4.69) is 4.74 Å². The minimum absolute atomic E-state index is 0.172. The van der Waals surface area contributed by atoms with Gasteiger partial charge in [-0.2, -0.15) is 0 Å². The quantitative estimate of drug-likeness (QED) is 0.704. The number of nitrogens with one attached hydrogen (secondary N) is 1. The van der Waals surface area contributed by atoms with Crippen LogP contribution in [-0.2, 0) is 24.3 Å². The number of carbonyl (C=O) groups is 2. The van der Waals surface area contributed by atoms with Crippen LogP contribution in [-0.4, -0.2) is 43.1 Å². The summed E-state index contributed by atoms with van der Waals surface area (Å²) in [7, 11) is -4.06. The number of carbonyl (C=O) groups excluding carboxylic acids is 1. The van der Waals surface area contributed by atoms with E-state index >= 15 is 0 Å². The van der Waals surface area contributed by atoms with E-state index in [0.29, 0.717) is 0 Å². The van der Waals surface area contributed by atoms with Crippen molar-refractivity contribution in [2.45, 2.75) is 45.6 Å². The summed E-state index contributed by atoms with van der Waals surface area (Å²) >= 11 is 0. The van der Waals surface area contributed by atoms with Gasteiger partial charge in [0.2, 0.25) is 10.0 Å². The molecule has 9 heteroatoms. The van der Waals surface area contributed by atoms with Gasteiger partial charge < -0.3 is 9.84 Å². The molecule has 0 aliphatic carbocycles. The van der Waals surface area contributed by atoms with E-state index in [0.717, 1.165) is 0 Å². The van der Waals surface area contributed by atoms with Gasteiger partial charge in [0.25, 0.3) is 12.3 Å². The standard InChI is InChI=1S/C10H18FNO6S/c1-10(2,3)18-8(11)9(15)12-19(16,17)6-4-5-7(13)14/h8H,4-6H2,1-3H3,(H,12,15)(H,13,14). The number of halogens is 1. The second-order valence-electron chi connectivity index (χ2n) is 4.83. The number of rotatable bonds is 7. The molecule has 0 aliphatic heterocycles. The summed E-state index contributed by atoms with van der Waals surface area (Å²) in [6.45, 7) is 4.52. The predicted octanol–water partition coefficient (Wildman–Crippen LogP) is 0.408. The van der Waals surface area contributed by atoms with E-state index in [1.165, 1.54) is 25.5 Å². The van der Waals surface area contributed by atoms with Crippen LogP contribution in [0.2, 0.25) is 0 Å². The molecule has 19 heavy (non-hydrogen) atoms. The lowest BCUT2D eigenvalue weighted by Crippen LogP contribution is -2.41. The average molecular weight is 299 g/mol. The van der Waals surface area contributed by atoms with Crippen LogP contribution < -0.4 is 4.72 Å². The molecule has 1 unspecified atom stereocenters. The van der Waals surface area contributed by atoms with Crippen LogP contribution in [0.1, 0.15) is 33.6 Å². The van der Waals surface area contributed by atoms with Crippen molar-refractivity contribution in [3.8, 4) is 0 Å². The maximum Gasteiger partial charge on any atom is 0.303 e. The van der Waals surface area contributed by atoms with Crippen LogP contribution >= 0.6 is 0 Å². The minimum Gasteiger partial charge on any atom is -0.481 e. The SMILES string of the molecule is CC(C)(C)OC(F)C(=O)NS(=O)(=O)CCCC(=O)O. The number of ether oxygens (including phenoxy) is 1. The van der Waals surface area contributed by atoms with Gasteiger partial charge in [0.1, 0.15) is 0 Å². The number of carboxylic acids is 1. The number of carboxylic acid groups (broad SMARTS) is 1. The van der Waals surface area contributed by atoms with Crippen molar-refractivity contribution < 1.29 is 32.2 Å². The van der Waals surface area contributed by atoms with Crippen LogP contribution in [0.3, 0.4) is 0 Å². The van der Waals surface area contributed by atoms with Crippen LogP contribution in [0.4, 0.5) is 4.39 Å². The van der Waals surface area contributed by atoms with E-state index < -0.39 is 39.6 Å². The highest BCUT2D eigenvalue weighted by Gasteiger charge is 2.27. The van der Waals surface area contributed by atoms with E-state index in [-0.39, 0.29) is 12.8 Å². The van der Waals surface area contributed by atoms with Gasteiger partial charge in [-0.3, -0.25) is 9.59 Å². The zero-order chi connectivity index (χ0) is 15.3. The van der Waals surface area contributed by atoms with Gasteiger partial charge in [-0.1, -0.05) is 0 Å². The Labute approximate surface area is 111 Å². The van der Waals surface area contributed by atoms with Gasteiger partial charge in [0.05, 0.1) is 11.4 Å². The van der Waals surface area contributed by atoms with Crippen LogP contribution in [0, 0.1) is 0 Å². The Morgan fingerprint density at radius 3 is 2.32 bits per heavy atom. The van der Waals surface area contributed by atoms with Gasteiger partial charge in [-0.25, -0.2) is 17.5 Å². The lowest BCUT2D eigenvalue weighted by Gasteiger charge is -2.21. The summed E-state index contributed by atoms with van der Waals surface area (Å²) < 4.78 is 42.1. The minimum atomic E-state index is -4.06. The predicted molar refractivity (Wildman–Crippen MR) is 64.5 cm³/mol. The highest BCUT2D eigenvalue weighted by Crippen LogP contribution is 2.12. The summed E-state index contributed by atoms with van der Waals surface area (Å²) in [6.07, 6.45) is -2.93. The Morgan fingerprint density at radius 1 is 1.37 bits per heavy atom. The Kier molecular flexibility index (Phi) is 6.37. The number of aliphatic carboxylic acids is 1. The average Bonchev–Trinajstić information content (AvgIpc) is 2.12. The highest BCUT2D eigenvalue weighted by molar-refractivity contribution is 7.90. The van der Waals surface area contributed by atoms with Crippen molar-refractivity contribution >= 4 is 21.9 Å². The summed E-state index contributed by atoms with van der Waals surface area (Å²) in [6, 6.07) is 0.